The van der Waals surface area contributed by atoms with E-state index in [-0.39, 0.29) is 0 Å². The summed E-state index contributed by atoms with van der Waals surface area (Å²) in [5, 5.41) is 0. The van der Waals surface area contributed by atoms with Crippen LogP contribution in [0.1, 0.15) is 47.0 Å². The summed E-state index contributed by atoms with van der Waals surface area (Å²) in [4.78, 5) is 2.54. The predicted octanol–water partition coefficient (Wildman–Crippen LogP) is 2.50. The minimum absolute atomic E-state index is 0.495. The normalized spacial score (nSPS) is 15.5. The fourth-order valence-corrected chi connectivity index (χ4v) is 2.58. The number of nitrogens with zero attached hydrogens (tertiary/aromatic N) is 1. The van der Waals surface area contributed by atoms with E-state index in [0.29, 0.717) is 18.0 Å². The Morgan fingerprint density at radius 3 is 2.06 bits per heavy atom. The lowest BCUT2D eigenvalue weighted by molar-refractivity contribution is 0.0623. The van der Waals surface area contributed by atoms with Gasteiger partial charge in [0.2, 0.25) is 0 Å². The SMILES string of the molecule is CCC(CC)C(CN)N(CCOC)C(C)CC. The molecule has 0 bridgehead atoms. The summed E-state index contributed by atoms with van der Waals surface area (Å²) in [6.45, 7) is 11.6. The first kappa shape index (κ1) is 16.9. The van der Waals surface area contributed by atoms with Gasteiger partial charge in [0.25, 0.3) is 0 Å². The zero-order valence-electron chi connectivity index (χ0n) is 12.4. The van der Waals surface area contributed by atoms with E-state index in [0.717, 1.165) is 19.7 Å². The molecule has 3 heteroatoms. The standard InChI is InChI=1S/C14H32N2O/c1-6-12(4)16(9-10-17-5)14(11-15)13(7-2)8-3/h12-14H,6-11,15H2,1-5H3. The number of hydrogen-bond donors (Lipinski definition) is 1. The fourth-order valence-electron chi connectivity index (χ4n) is 2.58. The van der Waals surface area contributed by atoms with Gasteiger partial charge in [-0.2, -0.15) is 0 Å². The summed E-state index contributed by atoms with van der Waals surface area (Å²) in [5.41, 5.74) is 6.01. The summed E-state index contributed by atoms with van der Waals surface area (Å²) in [6.07, 6.45) is 3.58. The molecule has 2 N–H and O–H groups in total. The van der Waals surface area contributed by atoms with E-state index in [4.69, 9.17) is 10.5 Å². The van der Waals surface area contributed by atoms with E-state index in [1.807, 2.05) is 0 Å². The van der Waals surface area contributed by atoms with E-state index in [1.165, 1.54) is 19.3 Å². The van der Waals surface area contributed by atoms with Crippen LogP contribution >= 0.6 is 0 Å². The van der Waals surface area contributed by atoms with Crippen LogP contribution in [0.4, 0.5) is 0 Å². The van der Waals surface area contributed by atoms with Crippen LogP contribution in [-0.2, 0) is 4.74 Å². The molecule has 0 aromatic heterocycles. The molecule has 3 nitrogen and oxygen atoms in total. The van der Waals surface area contributed by atoms with Crippen LogP contribution in [0.3, 0.4) is 0 Å². The van der Waals surface area contributed by atoms with Gasteiger partial charge >= 0.3 is 0 Å². The molecule has 2 atom stereocenters. The van der Waals surface area contributed by atoms with Crippen molar-refractivity contribution in [2.75, 3.05) is 26.8 Å². The Morgan fingerprint density at radius 2 is 1.71 bits per heavy atom. The Bertz CT molecular complexity index is 172. The number of methoxy groups -OCH3 is 1. The maximum Gasteiger partial charge on any atom is 0.0589 e. The van der Waals surface area contributed by atoms with Gasteiger partial charge in [0.05, 0.1) is 6.61 Å². The highest BCUT2D eigenvalue weighted by Crippen LogP contribution is 2.21. The van der Waals surface area contributed by atoms with Crippen molar-refractivity contribution in [2.45, 2.75) is 59.0 Å². The van der Waals surface area contributed by atoms with Gasteiger partial charge < -0.3 is 10.5 Å². The third-order valence-electron chi connectivity index (χ3n) is 3.97. The largest absolute Gasteiger partial charge is 0.383 e. The van der Waals surface area contributed by atoms with Crippen molar-refractivity contribution in [2.24, 2.45) is 11.7 Å². The number of hydrogen-bond acceptors (Lipinski definition) is 3. The molecule has 0 rings (SSSR count). The second kappa shape index (κ2) is 9.86. The van der Waals surface area contributed by atoms with Crippen LogP contribution in [-0.4, -0.2) is 43.8 Å². The second-order valence-electron chi connectivity index (χ2n) is 4.87. The van der Waals surface area contributed by atoms with Crippen molar-refractivity contribution in [3.63, 3.8) is 0 Å². The molecule has 0 aliphatic carbocycles. The summed E-state index contributed by atoms with van der Waals surface area (Å²) in [6, 6.07) is 1.08. The molecular weight excluding hydrogens is 212 g/mol. The second-order valence-corrected chi connectivity index (χ2v) is 4.87. The van der Waals surface area contributed by atoms with E-state index in [9.17, 15) is 0 Å². The molecule has 0 aliphatic heterocycles. The smallest absolute Gasteiger partial charge is 0.0589 e. The van der Waals surface area contributed by atoms with Gasteiger partial charge in [-0.1, -0.05) is 33.6 Å². The molecule has 0 aromatic rings. The first-order valence-electron chi connectivity index (χ1n) is 7.10. The fraction of sp³-hybridized carbons (Fsp3) is 1.00. The molecule has 0 fully saturated rings. The van der Waals surface area contributed by atoms with Crippen molar-refractivity contribution in [3.05, 3.63) is 0 Å². The number of rotatable bonds is 10. The minimum Gasteiger partial charge on any atom is -0.383 e. The van der Waals surface area contributed by atoms with E-state index in [1.54, 1.807) is 7.11 Å². The van der Waals surface area contributed by atoms with Gasteiger partial charge in [-0.25, -0.2) is 0 Å². The highest BCUT2D eigenvalue weighted by Gasteiger charge is 2.26. The molecule has 0 saturated carbocycles. The molecule has 0 amide bonds. The lowest BCUT2D eigenvalue weighted by Crippen LogP contribution is -2.50. The first-order valence-corrected chi connectivity index (χ1v) is 7.10. The van der Waals surface area contributed by atoms with Crippen LogP contribution in [0.25, 0.3) is 0 Å². The monoisotopic (exact) mass is 244 g/mol. The summed E-state index contributed by atoms with van der Waals surface area (Å²) in [5.74, 6) is 0.700. The molecular formula is C14H32N2O. The predicted molar refractivity (Wildman–Crippen MR) is 75.2 cm³/mol. The Morgan fingerprint density at radius 1 is 1.12 bits per heavy atom. The van der Waals surface area contributed by atoms with Crippen LogP contribution in [0, 0.1) is 5.92 Å². The average molecular weight is 244 g/mol. The Balaban J connectivity index is 4.69. The molecule has 0 aliphatic rings. The van der Waals surface area contributed by atoms with E-state index in [2.05, 4.69) is 32.6 Å². The van der Waals surface area contributed by atoms with Crippen molar-refractivity contribution in [1.82, 2.24) is 4.90 Å². The summed E-state index contributed by atoms with van der Waals surface area (Å²) in [7, 11) is 1.77. The van der Waals surface area contributed by atoms with Crippen molar-refractivity contribution < 1.29 is 4.74 Å². The zero-order chi connectivity index (χ0) is 13.3. The first-order chi connectivity index (χ1) is 8.15. The highest BCUT2D eigenvalue weighted by molar-refractivity contribution is 4.82. The zero-order valence-corrected chi connectivity index (χ0v) is 12.4. The Labute approximate surface area is 108 Å². The lowest BCUT2D eigenvalue weighted by atomic mass is 9.91. The van der Waals surface area contributed by atoms with Gasteiger partial charge in [0.1, 0.15) is 0 Å². The molecule has 0 aromatic carbocycles. The summed E-state index contributed by atoms with van der Waals surface area (Å²) < 4.78 is 5.23. The number of nitrogens with two attached hydrogens (primary N) is 1. The molecule has 0 heterocycles. The van der Waals surface area contributed by atoms with Crippen molar-refractivity contribution >= 4 is 0 Å². The maximum absolute atomic E-state index is 6.01. The van der Waals surface area contributed by atoms with Gasteiger partial charge in [-0.15, -0.1) is 0 Å². The lowest BCUT2D eigenvalue weighted by Gasteiger charge is -2.39. The molecule has 0 saturated heterocycles. The van der Waals surface area contributed by atoms with Crippen LogP contribution in [0.5, 0.6) is 0 Å². The molecule has 0 radical (unpaired) electrons. The van der Waals surface area contributed by atoms with Crippen molar-refractivity contribution in [1.29, 1.82) is 0 Å². The minimum atomic E-state index is 0.495. The van der Waals surface area contributed by atoms with Gasteiger partial charge in [0, 0.05) is 32.3 Å². The summed E-state index contributed by atoms with van der Waals surface area (Å²) >= 11 is 0. The van der Waals surface area contributed by atoms with Gasteiger partial charge in [0.15, 0.2) is 0 Å². The Kier molecular flexibility index (Phi) is 9.79. The third kappa shape index (κ3) is 5.36. The number of ether oxygens (including phenoxy) is 1. The quantitative estimate of drug-likeness (QED) is 0.642. The topological polar surface area (TPSA) is 38.5 Å². The Hall–Kier alpha value is -0.120. The van der Waals surface area contributed by atoms with Crippen LogP contribution in [0.2, 0.25) is 0 Å². The van der Waals surface area contributed by atoms with Crippen molar-refractivity contribution in [3.8, 4) is 0 Å². The maximum atomic E-state index is 6.01. The molecule has 0 spiro atoms. The molecule has 2 unspecified atom stereocenters. The van der Waals surface area contributed by atoms with Crippen LogP contribution in [0.15, 0.2) is 0 Å². The van der Waals surface area contributed by atoms with Gasteiger partial charge in [-0.3, -0.25) is 4.90 Å². The van der Waals surface area contributed by atoms with E-state index >= 15 is 0 Å². The highest BCUT2D eigenvalue weighted by atomic mass is 16.5. The average Bonchev–Trinajstić information content (AvgIpc) is 2.37. The third-order valence-corrected chi connectivity index (χ3v) is 3.97. The molecule has 104 valence electrons. The van der Waals surface area contributed by atoms with Crippen LogP contribution < -0.4 is 5.73 Å². The van der Waals surface area contributed by atoms with Gasteiger partial charge in [-0.05, 0) is 19.3 Å². The molecule has 17 heavy (non-hydrogen) atoms. The van der Waals surface area contributed by atoms with E-state index < -0.39 is 0 Å².